The summed E-state index contributed by atoms with van der Waals surface area (Å²) in [5.41, 5.74) is 10.6. The van der Waals surface area contributed by atoms with Crippen molar-refractivity contribution < 1.29 is 59.9 Å². The predicted molar refractivity (Wildman–Crippen MR) is 101 cm³/mol. The van der Waals surface area contributed by atoms with E-state index in [9.17, 15) is 29.4 Å². The number of ketones is 2. The summed E-state index contributed by atoms with van der Waals surface area (Å²) in [6.07, 6.45) is 3.22. The summed E-state index contributed by atoms with van der Waals surface area (Å²) in [5, 5.41) is 21.9. The Labute approximate surface area is 195 Å². The van der Waals surface area contributed by atoms with E-state index < -0.39 is 47.2 Å². The minimum Gasteiger partial charge on any atom is -0.872 e. The van der Waals surface area contributed by atoms with Crippen LogP contribution in [0.3, 0.4) is 0 Å². The molecule has 1 aliphatic carbocycles. The maximum Gasteiger partial charge on any atom is 2.00 e. The Morgan fingerprint density at radius 3 is 1.23 bits per heavy atom. The van der Waals surface area contributed by atoms with Gasteiger partial charge in [0.1, 0.15) is 12.2 Å². The van der Waals surface area contributed by atoms with E-state index in [1.807, 2.05) is 0 Å². The Kier molecular flexibility index (Phi) is 11.9. The fraction of sp³-hybridized carbons (Fsp3) is 0.600. The van der Waals surface area contributed by atoms with E-state index in [1.165, 1.54) is 40.5 Å². The van der Waals surface area contributed by atoms with E-state index in [4.69, 9.17) is 11.5 Å². The standard InChI is InChI=1S/2C7H8O4.C6H14N2.Pt/c2*1-3(8)5-6(9)4(2)11-7(5)10;7-5-3-1-2-4-6(5)8;/h2*4,9H,1-2H3;5-6H,1-4,7-8H2;/q;;;+2/p-2. The van der Waals surface area contributed by atoms with Gasteiger partial charge >= 0.3 is 33.0 Å². The second-order valence-corrected chi connectivity index (χ2v) is 7.30. The Hall–Kier alpha value is -2.03. The van der Waals surface area contributed by atoms with Gasteiger partial charge in [0.15, 0.2) is 11.6 Å². The molecule has 4 N–H and O–H groups in total. The van der Waals surface area contributed by atoms with Gasteiger partial charge in [0.25, 0.3) is 0 Å². The number of esters is 2. The van der Waals surface area contributed by atoms with Crippen molar-refractivity contribution in [3.63, 3.8) is 0 Å². The van der Waals surface area contributed by atoms with E-state index >= 15 is 0 Å². The molecule has 0 bridgehead atoms. The summed E-state index contributed by atoms with van der Waals surface area (Å²) in [7, 11) is 0. The molecule has 2 heterocycles. The van der Waals surface area contributed by atoms with Crippen LogP contribution in [0.25, 0.3) is 0 Å². The summed E-state index contributed by atoms with van der Waals surface area (Å²) < 4.78 is 9.00. The first-order chi connectivity index (χ1) is 13.9. The molecule has 176 valence electrons. The Morgan fingerprint density at radius 2 is 1.10 bits per heavy atom. The molecule has 0 radical (unpaired) electrons. The largest absolute Gasteiger partial charge is 2.00 e. The van der Waals surface area contributed by atoms with E-state index in [0.717, 1.165) is 12.8 Å². The number of hydrogen-bond donors (Lipinski definition) is 2. The van der Waals surface area contributed by atoms with E-state index in [-0.39, 0.29) is 44.3 Å². The molecular weight excluding hydrogens is 591 g/mol. The topological polar surface area (TPSA) is 185 Å². The number of Topliss-reactive ketones (excluding diaryl/α,β-unsaturated/α-hetero) is 2. The van der Waals surface area contributed by atoms with Crippen molar-refractivity contribution in [3.05, 3.63) is 22.7 Å². The number of carbonyl (C=O) groups excluding carboxylic acids is 4. The van der Waals surface area contributed by atoms with Gasteiger partial charge in [-0.1, -0.05) is 24.4 Å². The van der Waals surface area contributed by atoms with Gasteiger partial charge in [0.2, 0.25) is 0 Å². The second kappa shape index (κ2) is 12.7. The van der Waals surface area contributed by atoms with Crippen LogP contribution in [0.15, 0.2) is 22.7 Å². The Morgan fingerprint density at radius 1 is 0.806 bits per heavy atom. The SMILES string of the molecule is CC(=O)C1=C([O-])C(C)OC1=O.CC(=O)C1=C([O-])C(C)OC1=O.NC1CCCCC1N.[Pt+2]. The molecule has 2 aliphatic heterocycles. The zero-order valence-electron chi connectivity index (χ0n) is 17.9. The van der Waals surface area contributed by atoms with Gasteiger partial charge in [0.05, 0.1) is 11.1 Å². The fourth-order valence-corrected chi connectivity index (χ4v) is 2.98. The Bertz CT molecular complexity index is 713. The van der Waals surface area contributed by atoms with Crippen LogP contribution in [0.1, 0.15) is 53.4 Å². The van der Waals surface area contributed by atoms with E-state index in [0.29, 0.717) is 0 Å². The molecule has 3 rings (SSSR count). The molecule has 0 aromatic heterocycles. The first-order valence-corrected chi connectivity index (χ1v) is 9.65. The van der Waals surface area contributed by atoms with Crippen molar-refractivity contribution in [2.24, 2.45) is 11.5 Å². The molecule has 1 fully saturated rings. The van der Waals surface area contributed by atoms with Crippen LogP contribution in [-0.4, -0.2) is 47.8 Å². The molecule has 0 amide bonds. The third kappa shape index (κ3) is 7.87. The van der Waals surface area contributed by atoms with Crippen LogP contribution in [0, 0.1) is 0 Å². The molecule has 0 saturated heterocycles. The zero-order valence-corrected chi connectivity index (χ0v) is 20.1. The summed E-state index contributed by atoms with van der Waals surface area (Å²) in [5.74, 6) is -3.66. The van der Waals surface area contributed by atoms with Crippen LogP contribution >= 0.6 is 0 Å². The van der Waals surface area contributed by atoms with Gasteiger partial charge in [-0.3, -0.25) is 9.59 Å². The fourth-order valence-electron chi connectivity index (χ4n) is 2.98. The average molecular weight is 620 g/mol. The minimum atomic E-state index is -0.796. The summed E-state index contributed by atoms with van der Waals surface area (Å²) in [4.78, 5) is 42.8. The van der Waals surface area contributed by atoms with Gasteiger partial charge in [-0.2, -0.15) is 0 Å². The number of ether oxygens (including phenoxy) is 2. The number of carbonyl (C=O) groups is 4. The molecule has 11 heteroatoms. The third-order valence-electron chi connectivity index (χ3n) is 4.79. The average Bonchev–Trinajstić information content (AvgIpc) is 3.05. The number of hydrogen-bond acceptors (Lipinski definition) is 10. The molecule has 1 saturated carbocycles. The van der Waals surface area contributed by atoms with Gasteiger partial charge in [0, 0.05) is 12.1 Å². The molecule has 0 spiro atoms. The van der Waals surface area contributed by atoms with Crippen LogP contribution < -0.4 is 21.7 Å². The molecule has 4 unspecified atom stereocenters. The second-order valence-electron chi connectivity index (χ2n) is 7.30. The normalized spacial score (nSPS) is 27.2. The smallest absolute Gasteiger partial charge is 0.872 e. The number of nitrogens with two attached hydrogens (primary N) is 2. The summed E-state index contributed by atoms with van der Waals surface area (Å²) >= 11 is 0. The molecule has 31 heavy (non-hydrogen) atoms. The van der Waals surface area contributed by atoms with Crippen molar-refractivity contribution >= 4 is 23.5 Å². The quantitative estimate of drug-likeness (QED) is 0.272. The molecule has 4 atom stereocenters. The van der Waals surface area contributed by atoms with Gasteiger partial charge in [-0.05, 0) is 40.5 Å². The van der Waals surface area contributed by atoms with Gasteiger partial charge in [-0.25, -0.2) is 9.59 Å². The van der Waals surface area contributed by atoms with Crippen molar-refractivity contribution in [2.75, 3.05) is 0 Å². The minimum absolute atomic E-state index is 0. The molecular formula is C20H28N2O8Pt. The van der Waals surface area contributed by atoms with Crippen LogP contribution in [-0.2, 0) is 49.7 Å². The van der Waals surface area contributed by atoms with Crippen LogP contribution in [0.4, 0.5) is 0 Å². The van der Waals surface area contributed by atoms with Crippen molar-refractivity contribution in [2.45, 2.75) is 77.7 Å². The van der Waals surface area contributed by atoms with Crippen LogP contribution in [0.5, 0.6) is 0 Å². The van der Waals surface area contributed by atoms with Gasteiger partial charge < -0.3 is 31.2 Å². The molecule has 0 aromatic rings. The monoisotopic (exact) mass is 619 g/mol. The van der Waals surface area contributed by atoms with Gasteiger partial charge in [-0.15, -0.1) is 0 Å². The van der Waals surface area contributed by atoms with Crippen molar-refractivity contribution in [1.29, 1.82) is 0 Å². The summed E-state index contributed by atoms with van der Waals surface area (Å²) in [6, 6.07) is 0.562. The third-order valence-corrected chi connectivity index (χ3v) is 4.79. The maximum atomic E-state index is 11.0. The molecule has 0 aromatic carbocycles. The van der Waals surface area contributed by atoms with E-state index in [1.54, 1.807) is 0 Å². The zero-order chi connectivity index (χ0) is 23.2. The molecule has 10 nitrogen and oxygen atoms in total. The molecule has 3 aliphatic rings. The van der Waals surface area contributed by atoms with Crippen molar-refractivity contribution in [3.8, 4) is 0 Å². The Balaban J connectivity index is 0.000000434. The van der Waals surface area contributed by atoms with E-state index in [2.05, 4.69) is 9.47 Å². The van der Waals surface area contributed by atoms with Crippen LogP contribution in [0.2, 0.25) is 0 Å². The predicted octanol–water partition coefficient (Wildman–Crippen LogP) is -1.52. The summed E-state index contributed by atoms with van der Waals surface area (Å²) in [6.45, 7) is 5.23. The maximum absolute atomic E-state index is 11.0. The number of cyclic esters (lactones) is 2. The first-order valence-electron chi connectivity index (χ1n) is 9.65. The number of rotatable bonds is 2. The van der Waals surface area contributed by atoms with Crippen molar-refractivity contribution in [1.82, 2.24) is 0 Å². The first kappa shape index (κ1) is 29.0.